The lowest BCUT2D eigenvalue weighted by Gasteiger charge is -2.15. The van der Waals surface area contributed by atoms with E-state index in [1.54, 1.807) is 0 Å². The Morgan fingerprint density at radius 2 is 2.08 bits per heavy atom. The molecule has 0 heterocycles. The zero-order chi connectivity index (χ0) is 8.81. The average Bonchev–Trinajstić information content (AvgIpc) is 2.53. The molecule has 1 atom stereocenters. The number of thioether (sulfide) groups is 1. The molecule has 0 aromatic carbocycles. The zero-order valence-electron chi connectivity index (χ0n) is 8.31. The SMILES string of the molecule is CCSC(C)CNC1CCCC1. The highest BCUT2D eigenvalue weighted by atomic mass is 32.2. The molecule has 1 N–H and O–H groups in total. The largest absolute Gasteiger partial charge is 0.313 e. The van der Waals surface area contributed by atoms with Crippen LogP contribution >= 0.6 is 11.8 Å². The first-order valence-electron chi connectivity index (χ1n) is 5.18. The highest BCUT2D eigenvalue weighted by Crippen LogP contribution is 2.18. The Morgan fingerprint density at radius 1 is 1.42 bits per heavy atom. The van der Waals surface area contributed by atoms with Crippen LogP contribution in [0, 0.1) is 0 Å². The van der Waals surface area contributed by atoms with Gasteiger partial charge in [0.2, 0.25) is 0 Å². The van der Waals surface area contributed by atoms with E-state index in [9.17, 15) is 0 Å². The summed E-state index contributed by atoms with van der Waals surface area (Å²) < 4.78 is 0. The third-order valence-corrected chi connectivity index (χ3v) is 3.57. The first-order chi connectivity index (χ1) is 5.83. The molecule has 1 aliphatic carbocycles. The van der Waals surface area contributed by atoms with Crippen LogP contribution in [0.5, 0.6) is 0 Å². The van der Waals surface area contributed by atoms with Crippen molar-refractivity contribution >= 4 is 11.8 Å². The van der Waals surface area contributed by atoms with Gasteiger partial charge in [-0.05, 0) is 18.6 Å². The lowest BCUT2D eigenvalue weighted by molar-refractivity contribution is 0.527. The third-order valence-electron chi connectivity index (χ3n) is 2.50. The van der Waals surface area contributed by atoms with Crippen molar-refractivity contribution in [2.45, 2.75) is 50.8 Å². The van der Waals surface area contributed by atoms with Crippen molar-refractivity contribution in [3.05, 3.63) is 0 Å². The van der Waals surface area contributed by atoms with Gasteiger partial charge in [0, 0.05) is 17.8 Å². The minimum atomic E-state index is 0.788. The van der Waals surface area contributed by atoms with Gasteiger partial charge in [-0.2, -0.15) is 11.8 Å². The van der Waals surface area contributed by atoms with Crippen LogP contribution in [-0.2, 0) is 0 Å². The first-order valence-corrected chi connectivity index (χ1v) is 6.22. The maximum Gasteiger partial charge on any atom is 0.0144 e. The Labute approximate surface area is 80.7 Å². The molecule has 12 heavy (non-hydrogen) atoms. The van der Waals surface area contributed by atoms with Crippen molar-refractivity contribution in [2.75, 3.05) is 12.3 Å². The first kappa shape index (κ1) is 10.4. The lowest BCUT2D eigenvalue weighted by atomic mass is 10.2. The van der Waals surface area contributed by atoms with Crippen LogP contribution < -0.4 is 5.32 Å². The van der Waals surface area contributed by atoms with E-state index in [0.717, 1.165) is 11.3 Å². The molecule has 1 unspecified atom stereocenters. The van der Waals surface area contributed by atoms with Crippen LogP contribution in [0.15, 0.2) is 0 Å². The van der Waals surface area contributed by atoms with Gasteiger partial charge in [-0.3, -0.25) is 0 Å². The van der Waals surface area contributed by atoms with Gasteiger partial charge in [0.25, 0.3) is 0 Å². The highest BCUT2D eigenvalue weighted by molar-refractivity contribution is 7.99. The summed E-state index contributed by atoms with van der Waals surface area (Å²) in [7, 11) is 0. The molecular formula is C10H21NS. The second-order valence-corrected chi connectivity index (χ2v) is 5.37. The van der Waals surface area contributed by atoms with Gasteiger partial charge >= 0.3 is 0 Å². The predicted molar refractivity (Wildman–Crippen MR) is 57.9 cm³/mol. The fourth-order valence-electron chi connectivity index (χ4n) is 1.81. The molecule has 0 spiro atoms. The van der Waals surface area contributed by atoms with Crippen LogP contribution in [0.1, 0.15) is 39.5 Å². The number of rotatable bonds is 5. The normalized spacial score (nSPS) is 21.5. The van der Waals surface area contributed by atoms with Gasteiger partial charge in [0.15, 0.2) is 0 Å². The van der Waals surface area contributed by atoms with Gasteiger partial charge in [-0.15, -0.1) is 0 Å². The lowest BCUT2D eigenvalue weighted by Crippen LogP contribution is -2.31. The summed E-state index contributed by atoms with van der Waals surface area (Å²) in [5.74, 6) is 1.24. The zero-order valence-corrected chi connectivity index (χ0v) is 9.12. The van der Waals surface area contributed by atoms with Gasteiger partial charge in [-0.25, -0.2) is 0 Å². The molecule has 0 aromatic rings. The topological polar surface area (TPSA) is 12.0 Å². The van der Waals surface area contributed by atoms with Gasteiger partial charge < -0.3 is 5.32 Å². The van der Waals surface area contributed by atoms with E-state index in [4.69, 9.17) is 0 Å². The minimum absolute atomic E-state index is 0.788. The van der Waals surface area contributed by atoms with Crippen molar-refractivity contribution in [3.63, 3.8) is 0 Å². The molecule has 0 aromatic heterocycles. The fourth-order valence-corrected chi connectivity index (χ4v) is 2.59. The van der Waals surface area contributed by atoms with Crippen LogP contribution in [0.2, 0.25) is 0 Å². The Kier molecular flexibility index (Phi) is 5.08. The quantitative estimate of drug-likeness (QED) is 0.710. The van der Waals surface area contributed by atoms with Crippen LogP contribution in [-0.4, -0.2) is 23.6 Å². The Morgan fingerprint density at radius 3 is 2.67 bits per heavy atom. The average molecular weight is 187 g/mol. The monoisotopic (exact) mass is 187 g/mol. The fraction of sp³-hybridized carbons (Fsp3) is 1.00. The number of hydrogen-bond donors (Lipinski definition) is 1. The Balaban J connectivity index is 1.99. The van der Waals surface area contributed by atoms with E-state index in [1.807, 2.05) is 0 Å². The van der Waals surface area contributed by atoms with E-state index >= 15 is 0 Å². The molecule has 1 aliphatic rings. The van der Waals surface area contributed by atoms with E-state index in [2.05, 4.69) is 30.9 Å². The van der Waals surface area contributed by atoms with Crippen molar-refractivity contribution in [3.8, 4) is 0 Å². The molecule has 0 amide bonds. The Hall–Kier alpha value is 0.310. The second-order valence-electron chi connectivity index (χ2n) is 3.66. The molecule has 1 fully saturated rings. The Bertz CT molecular complexity index is 110. The summed E-state index contributed by atoms with van der Waals surface area (Å²) in [4.78, 5) is 0. The maximum atomic E-state index is 3.65. The van der Waals surface area contributed by atoms with Gasteiger partial charge in [0.1, 0.15) is 0 Å². The summed E-state index contributed by atoms with van der Waals surface area (Å²) in [6, 6.07) is 0.838. The van der Waals surface area contributed by atoms with E-state index in [0.29, 0.717) is 0 Å². The molecule has 0 aliphatic heterocycles. The summed E-state index contributed by atoms with van der Waals surface area (Å²) in [5, 5.41) is 4.43. The number of nitrogens with one attached hydrogen (secondary N) is 1. The summed E-state index contributed by atoms with van der Waals surface area (Å²) in [6.07, 6.45) is 5.69. The van der Waals surface area contributed by atoms with E-state index < -0.39 is 0 Å². The van der Waals surface area contributed by atoms with Crippen LogP contribution in [0.3, 0.4) is 0 Å². The molecule has 0 bridgehead atoms. The molecule has 0 radical (unpaired) electrons. The molecule has 1 saturated carbocycles. The smallest absolute Gasteiger partial charge is 0.0144 e. The number of hydrogen-bond acceptors (Lipinski definition) is 2. The predicted octanol–water partition coefficient (Wildman–Crippen LogP) is 2.66. The second kappa shape index (κ2) is 5.87. The van der Waals surface area contributed by atoms with Gasteiger partial charge in [-0.1, -0.05) is 26.7 Å². The van der Waals surface area contributed by atoms with Crippen molar-refractivity contribution in [2.24, 2.45) is 0 Å². The molecule has 1 rings (SSSR count). The molecule has 1 nitrogen and oxygen atoms in total. The summed E-state index contributed by atoms with van der Waals surface area (Å²) >= 11 is 2.05. The molecule has 0 saturated heterocycles. The highest BCUT2D eigenvalue weighted by Gasteiger charge is 2.14. The molecule has 2 heteroatoms. The molecular weight excluding hydrogens is 166 g/mol. The van der Waals surface area contributed by atoms with E-state index in [1.165, 1.54) is 38.0 Å². The van der Waals surface area contributed by atoms with Crippen molar-refractivity contribution < 1.29 is 0 Å². The maximum absolute atomic E-state index is 3.65. The summed E-state index contributed by atoms with van der Waals surface area (Å²) in [5.41, 5.74) is 0. The van der Waals surface area contributed by atoms with Crippen molar-refractivity contribution in [1.82, 2.24) is 5.32 Å². The molecule has 72 valence electrons. The summed E-state index contributed by atoms with van der Waals surface area (Å²) in [6.45, 7) is 5.75. The van der Waals surface area contributed by atoms with Gasteiger partial charge in [0.05, 0.1) is 0 Å². The van der Waals surface area contributed by atoms with Crippen LogP contribution in [0.4, 0.5) is 0 Å². The van der Waals surface area contributed by atoms with Crippen molar-refractivity contribution in [1.29, 1.82) is 0 Å². The standard InChI is InChI=1S/C10H21NS/c1-3-12-9(2)8-11-10-6-4-5-7-10/h9-11H,3-8H2,1-2H3. The van der Waals surface area contributed by atoms with Crippen LogP contribution in [0.25, 0.3) is 0 Å². The van der Waals surface area contributed by atoms with E-state index in [-0.39, 0.29) is 0 Å². The minimum Gasteiger partial charge on any atom is -0.313 e. The third kappa shape index (κ3) is 3.81.